The number of hydrogen-bond donors (Lipinski definition) is 1. The Morgan fingerprint density at radius 1 is 0.893 bits per heavy atom. The van der Waals surface area contributed by atoms with Crippen LogP contribution in [0.4, 0.5) is 0 Å². The Bertz CT molecular complexity index is 512. The first-order chi connectivity index (χ1) is 12.5. The summed E-state index contributed by atoms with van der Waals surface area (Å²) in [5.74, 6) is 3.10. The predicted molar refractivity (Wildman–Crippen MR) is 132 cm³/mol. The molecule has 3 atom stereocenters. The Kier molecular flexibility index (Phi) is 11.0. The molecule has 0 aromatic carbocycles. The van der Waals surface area contributed by atoms with E-state index < -0.39 is 30.8 Å². The van der Waals surface area contributed by atoms with E-state index in [1.807, 2.05) is 0 Å². The Morgan fingerprint density at radius 2 is 1.36 bits per heavy atom. The molecular weight excluding hydrogens is 396 g/mol. The lowest BCUT2D eigenvalue weighted by molar-refractivity contribution is 0.0226. The molecule has 3 nitrogen and oxygen atoms in total. The van der Waals surface area contributed by atoms with Crippen LogP contribution in [-0.4, -0.2) is 48.1 Å². The molecule has 0 aromatic rings. The second-order valence-electron chi connectivity index (χ2n) is 10.8. The van der Waals surface area contributed by atoms with Crippen molar-refractivity contribution in [1.82, 2.24) is 0 Å². The Hall–Kier alpha value is 0.0906. The molecule has 28 heavy (non-hydrogen) atoms. The van der Waals surface area contributed by atoms with Crippen molar-refractivity contribution in [3.8, 4) is 11.5 Å². The maximum absolute atomic E-state index is 10.6. The highest BCUT2D eigenvalue weighted by atomic mass is 28.4. The number of rotatable bonds is 10. The smallest absolute Gasteiger partial charge is 0.192 e. The van der Waals surface area contributed by atoms with Crippen molar-refractivity contribution in [1.29, 1.82) is 0 Å². The second-order valence-corrected chi connectivity index (χ2v) is 25.0. The van der Waals surface area contributed by atoms with E-state index in [2.05, 4.69) is 92.7 Å². The highest BCUT2D eigenvalue weighted by Crippen LogP contribution is 2.38. The number of hydrogen-bond acceptors (Lipinski definition) is 3. The Balaban J connectivity index is 5.62. The molecule has 0 saturated heterocycles. The van der Waals surface area contributed by atoms with Crippen LogP contribution >= 0.6 is 0 Å². The third kappa shape index (κ3) is 9.27. The molecule has 0 unspecified atom stereocenters. The van der Waals surface area contributed by atoms with Gasteiger partial charge in [0.2, 0.25) is 0 Å². The van der Waals surface area contributed by atoms with Crippen molar-refractivity contribution in [2.24, 2.45) is 0 Å². The molecule has 1 N–H and O–H groups in total. The molecule has 0 bridgehead atoms. The summed E-state index contributed by atoms with van der Waals surface area (Å²) < 4.78 is 13.5. The zero-order valence-electron chi connectivity index (χ0n) is 20.8. The minimum atomic E-state index is -1.91. The first-order valence-corrected chi connectivity index (χ1v) is 20.0. The molecule has 0 aliphatic carbocycles. The van der Waals surface area contributed by atoms with Crippen molar-refractivity contribution in [3.63, 3.8) is 0 Å². The predicted octanol–water partition coefficient (Wildman–Crippen LogP) is 6.42. The summed E-state index contributed by atoms with van der Waals surface area (Å²) in [6.07, 6.45) is -0.269. The fourth-order valence-corrected chi connectivity index (χ4v) is 7.92. The van der Waals surface area contributed by atoms with Crippen LogP contribution in [0.2, 0.25) is 55.9 Å². The van der Waals surface area contributed by atoms with E-state index >= 15 is 0 Å². The van der Waals surface area contributed by atoms with Crippen molar-refractivity contribution in [3.05, 3.63) is 0 Å². The standard InChI is InChI=1S/C22H48O3Si3/c1-13-28(14-2,15-3)25-21(18-20(23)16-17-26(8,9)10)19(4)24-27(11,12)22(5,6)7/h19-21,23H,13-15,18H2,1-12H3/t19-,20+,21+/m0/s1. The summed E-state index contributed by atoms with van der Waals surface area (Å²) in [4.78, 5) is 0. The lowest BCUT2D eigenvalue weighted by atomic mass is 10.1. The SMILES string of the molecule is CC[Si](CC)(CC)O[C@H](C[C@H](O)C#C[Si](C)(C)C)[C@H](C)O[Si](C)(C)C(C)(C)C. The van der Waals surface area contributed by atoms with Gasteiger partial charge >= 0.3 is 0 Å². The van der Waals surface area contributed by atoms with Gasteiger partial charge in [-0.15, -0.1) is 5.54 Å². The van der Waals surface area contributed by atoms with Crippen molar-refractivity contribution in [2.75, 3.05) is 0 Å². The van der Waals surface area contributed by atoms with Crippen molar-refractivity contribution >= 4 is 24.7 Å². The molecule has 0 aliphatic rings. The quantitative estimate of drug-likeness (QED) is 0.312. The van der Waals surface area contributed by atoms with E-state index in [1.165, 1.54) is 0 Å². The van der Waals surface area contributed by atoms with Crippen LogP contribution in [0, 0.1) is 11.5 Å². The maximum atomic E-state index is 10.6. The van der Waals surface area contributed by atoms with Crippen LogP contribution in [0.3, 0.4) is 0 Å². The van der Waals surface area contributed by atoms with Gasteiger partial charge in [-0.05, 0) is 43.2 Å². The summed E-state index contributed by atoms with van der Waals surface area (Å²) in [6, 6.07) is 3.29. The Labute approximate surface area is 179 Å². The summed E-state index contributed by atoms with van der Waals surface area (Å²) in [5, 5.41) is 10.8. The second kappa shape index (κ2) is 10.9. The first-order valence-electron chi connectivity index (χ1n) is 11.1. The number of aliphatic hydroxyl groups excluding tert-OH is 1. The van der Waals surface area contributed by atoms with Gasteiger partial charge in [-0.2, -0.15) is 0 Å². The van der Waals surface area contributed by atoms with Gasteiger partial charge in [0.05, 0.1) is 12.2 Å². The fraction of sp³-hybridized carbons (Fsp3) is 0.909. The molecule has 6 heteroatoms. The summed E-state index contributed by atoms with van der Waals surface area (Å²) >= 11 is 0. The summed E-state index contributed by atoms with van der Waals surface area (Å²) in [6.45, 7) is 26.8. The largest absolute Gasteiger partial charge is 0.412 e. The van der Waals surface area contributed by atoms with E-state index in [4.69, 9.17) is 8.85 Å². The van der Waals surface area contributed by atoms with E-state index in [-0.39, 0.29) is 17.2 Å². The minimum absolute atomic E-state index is 0.0410. The molecule has 0 spiro atoms. The first kappa shape index (κ1) is 28.1. The zero-order chi connectivity index (χ0) is 22.4. The molecule has 0 saturated carbocycles. The van der Waals surface area contributed by atoms with Gasteiger partial charge in [0.25, 0.3) is 0 Å². The molecule has 0 aliphatic heterocycles. The van der Waals surface area contributed by atoms with Crippen LogP contribution in [0.15, 0.2) is 0 Å². The Morgan fingerprint density at radius 3 is 1.71 bits per heavy atom. The topological polar surface area (TPSA) is 38.7 Å². The van der Waals surface area contributed by atoms with Crippen LogP contribution in [0.5, 0.6) is 0 Å². The monoisotopic (exact) mass is 444 g/mol. The van der Waals surface area contributed by atoms with Gasteiger partial charge in [-0.1, -0.05) is 67.1 Å². The third-order valence-electron chi connectivity index (χ3n) is 6.21. The fourth-order valence-electron chi connectivity index (χ4n) is 2.95. The van der Waals surface area contributed by atoms with Gasteiger partial charge in [0, 0.05) is 6.42 Å². The zero-order valence-corrected chi connectivity index (χ0v) is 23.8. The lowest BCUT2D eigenvalue weighted by Gasteiger charge is -2.42. The molecular formula is C22H48O3Si3. The van der Waals surface area contributed by atoms with Gasteiger partial charge < -0.3 is 14.0 Å². The molecule has 166 valence electrons. The van der Waals surface area contributed by atoms with Gasteiger partial charge in [-0.3, -0.25) is 0 Å². The van der Waals surface area contributed by atoms with Gasteiger partial charge in [0.15, 0.2) is 16.6 Å². The molecule has 0 heterocycles. The van der Waals surface area contributed by atoms with E-state index in [0.717, 1.165) is 18.1 Å². The molecule has 0 aromatic heterocycles. The average Bonchev–Trinajstić information content (AvgIpc) is 2.55. The van der Waals surface area contributed by atoms with E-state index in [0.29, 0.717) is 6.42 Å². The highest BCUT2D eigenvalue weighted by molar-refractivity contribution is 6.83. The van der Waals surface area contributed by atoms with Crippen LogP contribution in [-0.2, 0) is 8.85 Å². The van der Waals surface area contributed by atoms with Crippen LogP contribution < -0.4 is 0 Å². The summed E-state index contributed by atoms with van der Waals surface area (Å²) in [7, 11) is -5.22. The average molecular weight is 445 g/mol. The van der Waals surface area contributed by atoms with Gasteiger partial charge in [-0.25, -0.2) is 0 Å². The van der Waals surface area contributed by atoms with E-state index in [1.54, 1.807) is 0 Å². The molecule has 0 radical (unpaired) electrons. The number of aliphatic hydroxyl groups is 1. The molecule has 0 rings (SSSR count). The molecule has 0 fully saturated rings. The van der Waals surface area contributed by atoms with Crippen molar-refractivity contribution in [2.45, 2.75) is 129 Å². The van der Waals surface area contributed by atoms with Crippen LogP contribution in [0.25, 0.3) is 0 Å². The van der Waals surface area contributed by atoms with E-state index in [9.17, 15) is 5.11 Å². The lowest BCUT2D eigenvalue weighted by Crippen LogP contribution is -2.50. The summed E-state index contributed by atoms with van der Waals surface area (Å²) in [5.41, 5.74) is 3.31. The third-order valence-corrected chi connectivity index (χ3v) is 16.4. The maximum Gasteiger partial charge on any atom is 0.192 e. The minimum Gasteiger partial charge on any atom is -0.412 e. The molecule has 0 amide bonds. The van der Waals surface area contributed by atoms with Gasteiger partial charge in [0.1, 0.15) is 14.2 Å². The highest BCUT2D eigenvalue weighted by Gasteiger charge is 2.41. The van der Waals surface area contributed by atoms with Crippen molar-refractivity contribution < 1.29 is 14.0 Å². The van der Waals surface area contributed by atoms with Crippen LogP contribution in [0.1, 0.15) is 54.9 Å². The normalized spacial score (nSPS) is 16.9.